The van der Waals surface area contributed by atoms with E-state index in [1.54, 1.807) is 6.07 Å². The standard InChI is InChI=1S/C18H14N2O2/c19-10-13-4-3-5-14(8-13)11-20-12-15(9-18(21)22)16-6-1-2-7-17(16)20/h1-8,12H,9,11H2,(H,21,22). The van der Waals surface area contributed by atoms with E-state index in [2.05, 4.69) is 6.07 Å². The van der Waals surface area contributed by atoms with Gasteiger partial charge in [-0.05, 0) is 29.3 Å². The maximum Gasteiger partial charge on any atom is 0.307 e. The van der Waals surface area contributed by atoms with Crippen LogP contribution in [0.5, 0.6) is 0 Å². The van der Waals surface area contributed by atoms with Gasteiger partial charge in [0.15, 0.2) is 0 Å². The number of carboxylic acid groups (broad SMARTS) is 1. The zero-order valence-electron chi connectivity index (χ0n) is 11.9. The molecular weight excluding hydrogens is 276 g/mol. The Balaban J connectivity index is 2.03. The number of hydrogen-bond acceptors (Lipinski definition) is 2. The minimum atomic E-state index is -0.839. The second kappa shape index (κ2) is 5.74. The summed E-state index contributed by atoms with van der Waals surface area (Å²) in [6.45, 7) is 0.607. The smallest absolute Gasteiger partial charge is 0.307 e. The minimum absolute atomic E-state index is 0.00570. The number of carboxylic acids is 1. The van der Waals surface area contributed by atoms with Crippen LogP contribution < -0.4 is 0 Å². The van der Waals surface area contributed by atoms with Crippen molar-refractivity contribution >= 4 is 16.9 Å². The first-order valence-corrected chi connectivity index (χ1v) is 6.95. The summed E-state index contributed by atoms with van der Waals surface area (Å²) in [7, 11) is 0. The first-order valence-electron chi connectivity index (χ1n) is 6.95. The second-order valence-corrected chi connectivity index (χ2v) is 5.18. The summed E-state index contributed by atoms with van der Waals surface area (Å²) in [5.74, 6) is -0.839. The van der Waals surface area contributed by atoms with E-state index < -0.39 is 5.97 Å². The molecule has 4 heteroatoms. The van der Waals surface area contributed by atoms with Crippen molar-refractivity contribution in [2.45, 2.75) is 13.0 Å². The number of nitriles is 1. The van der Waals surface area contributed by atoms with Gasteiger partial charge in [0.05, 0.1) is 18.1 Å². The Morgan fingerprint density at radius 1 is 1.18 bits per heavy atom. The Labute approximate surface area is 127 Å². The number of fused-ring (bicyclic) bond motifs is 1. The highest BCUT2D eigenvalue weighted by Gasteiger charge is 2.11. The van der Waals surface area contributed by atoms with Crippen molar-refractivity contribution in [1.82, 2.24) is 4.57 Å². The molecule has 0 radical (unpaired) electrons. The Kier molecular flexibility index (Phi) is 3.63. The van der Waals surface area contributed by atoms with Crippen LogP contribution in [0, 0.1) is 11.3 Å². The van der Waals surface area contributed by atoms with Gasteiger partial charge in [0.25, 0.3) is 0 Å². The number of aromatic nitrogens is 1. The molecule has 108 valence electrons. The third-order valence-corrected chi connectivity index (χ3v) is 3.62. The minimum Gasteiger partial charge on any atom is -0.481 e. The molecule has 0 aliphatic carbocycles. The topological polar surface area (TPSA) is 66.0 Å². The third kappa shape index (κ3) is 2.70. The summed E-state index contributed by atoms with van der Waals surface area (Å²) in [6, 6.07) is 17.4. The first kappa shape index (κ1) is 13.9. The molecule has 0 aliphatic rings. The van der Waals surface area contributed by atoms with Crippen molar-refractivity contribution in [3.63, 3.8) is 0 Å². The predicted octanol–water partition coefficient (Wildman–Crippen LogP) is 3.19. The quantitative estimate of drug-likeness (QED) is 0.802. The zero-order valence-corrected chi connectivity index (χ0v) is 11.9. The number of rotatable bonds is 4. The van der Waals surface area contributed by atoms with E-state index >= 15 is 0 Å². The van der Waals surface area contributed by atoms with Crippen LogP contribution in [0.4, 0.5) is 0 Å². The Hall–Kier alpha value is -3.06. The van der Waals surface area contributed by atoms with Crippen LogP contribution in [0.3, 0.4) is 0 Å². The number of para-hydroxylation sites is 1. The fourth-order valence-corrected chi connectivity index (χ4v) is 2.69. The van der Waals surface area contributed by atoms with Gasteiger partial charge in [0.1, 0.15) is 0 Å². The lowest BCUT2D eigenvalue weighted by molar-refractivity contribution is -0.136. The normalized spacial score (nSPS) is 10.5. The molecule has 0 aliphatic heterocycles. The van der Waals surface area contributed by atoms with Crippen molar-refractivity contribution < 1.29 is 9.90 Å². The summed E-state index contributed by atoms with van der Waals surface area (Å²) in [5.41, 5.74) is 3.45. The molecule has 2 aromatic carbocycles. The van der Waals surface area contributed by atoms with Gasteiger partial charge in [-0.15, -0.1) is 0 Å². The van der Waals surface area contributed by atoms with Gasteiger partial charge in [-0.25, -0.2) is 0 Å². The molecule has 22 heavy (non-hydrogen) atoms. The fraction of sp³-hybridized carbons (Fsp3) is 0.111. The molecule has 0 atom stereocenters. The number of nitrogens with zero attached hydrogens (tertiary/aromatic N) is 2. The molecular formula is C18H14N2O2. The van der Waals surface area contributed by atoms with E-state index in [1.807, 2.05) is 53.2 Å². The Morgan fingerprint density at radius 2 is 2.00 bits per heavy atom. The van der Waals surface area contributed by atoms with Crippen molar-refractivity contribution in [2.75, 3.05) is 0 Å². The molecule has 3 aromatic rings. The highest BCUT2D eigenvalue weighted by Crippen LogP contribution is 2.23. The van der Waals surface area contributed by atoms with E-state index in [0.29, 0.717) is 12.1 Å². The maximum absolute atomic E-state index is 11.0. The van der Waals surface area contributed by atoms with Crippen molar-refractivity contribution in [3.05, 3.63) is 71.4 Å². The van der Waals surface area contributed by atoms with Gasteiger partial charge in [0.2, 0.25) is 0 Å². The Bertz CT molecular complexity index is 887. The molecule has 3 rings (SSSR count). The zero-order chi connectivity index (χ0) is 15.5. The lowest BCUT2D eigenvalue weighted by Crippen LogP contribution is -2.00. The summed E-state index contributed by atoms with van der Waals surface area (Å²) in [5, 5.41) is 19.0. The van der Waals surface area contributed by atoms with Gasteiger partial charge in [0, 0.05) is 23.6 Å². The molecule has 0 amide bonds. The highest BCUT2D eigenvalue weighted by molar-refractivity contribution is 5.87. The molecule has 0 fully saturated rings. The van der Waals surface area contributed by atoms with E-state index in [1.165, 1.54) is 0 Å². The van der Waals surface area contributed by atoms with Gasteiger partial charge >= 0.3 is 5.97 Å². The van der Waals surface area contributed by atoms with Crippen molar-refractivity contribution in [2.24, 2.45) is 0 Å². The molecule has 0 unspecified atom stereocenters. The number of benzene rings is 2. The molecule has 4 nitrogen and oxygen atoms in total. The lowest BCUT2D eigenvalue weighted by Gasteiger charge is -2.05. The lowest BCUT2D eigenvalue weighted by atomic mass is 10.1. The molecule has 1 N–H and O–H groups in total. The molecule has 0 spiro atoms. The number of aliphatic carboxylic acids is 1. The molecule has 0 saturated carbocycles. The first-order chi connectivity index (χ1) is 10.7. The number of carbonyl (C=O) groups is 1. The van der Waals surface area contributed by atoms with E-state index in [4.69, 9.17) is 10.4 Å². The second-order valence-electron chi connectivity index (χ2n) is 5.18. The van der Waals surface area contributed by atoms with Crippen molar-refractivity contribution in [1.29, 1.82) is 5.26 Å². The van der Waals surface area contributed by atoms with Crippen LogP contribution in [0.2, 0.25) is 0 Å². The van der Waals surface area contributed by atoms with Gasteiger partial charge in [-0.2, -0.15) is 5.26 Å². The van der Waals surface area contributed by atoms with Crippen LogP contribution in [0.15, 0.2) is 54.7 Å². The van der Waals surface area contributed by atoms with Crippen LogP contribution in [0.1, 0.15) is 16.7 Å². The van der Waals surface area contributed by atoms with Crippen LogP contribution in [-0.4, -0.2) is 15.6 Å². The Morgan fingerprint density at radius 3 is 2.77 bits per heavy atom. The number of hydrogen-bond donors (Lipinski definition) is 1. The van der Waals surface area contributed by atoms with Gasteiger partial charge in [-0.3, -0.25) is 4.79 Å². The average molecular weight is 290 g/mol. The van der Waals surface area contributed by atoms with E-state index in [0.717, 1.165) is 22.0 Å². The molecule has 1 heterocycles. The molecule has 1 aromatic heterocycles. The van der Waals surface area contributed by atoms with E-state index in [-0.39, 0.29) is 6.42 Å². The molecule has 0 saturated heterocycles. The van der Waals surface area contributed by atoms with Crippen LogP contribution in [0.25, 0.3) is 10.9 Å². The van der Waals surface area contributed by atoms with Gasteiger partial charge in [-0.1, -0.05) is 30.3 Å². The average Bonchev–Trinajstić information content (AvgIpc) is 2.85. The summed E-state index contributed by atoms with van der Waals surface area (Å²) in [4.78, 5) is 11.0. The van der Waals surface area contributed by atoms with Crippen molar-refractivity contribution in [3.8, 4) is 6.07 Å². The fourth-order valence-electron chi connectivity index (χ4n) is 2.69. The summed E-state index contributed by atoms with van der Waals surface area (Å²) in [6.07, 6.45) is 1.89. The van der Waals surface area contributed by atoms with Crippen LogP contribution >= 0.6 is 0 Å². The summed E-state index contributed by atoms with van der Waals surface area (Å²) >= 11 is 0. The van der Waals surface area contributed by atoms with Gasteiger partial charge < -0.3 is 9.67 Å². The van der Waals surface area contributed by atoms with Crippen LogP contribution in [-0.2, 0) is 17.8 Å². The van der Waals surface area contributed by atoms with E-state index in [9.17, 15) is 4.79 Å². The molecule has 0 bridgehead atoms. The predicted molar refractivity (Wildman–Crippen MR) is 83.5 cm³/mol. The monoisotopic (exact) mass is 290 g/mol. The largest absolute Gasteiger partial charge is 0.481 e. The summed E-state index contributed by atoms with van der Waals surface area (Å²) < 4.78 is 2.03. The maximum atomic E-state index is 11.0. The SMILES string of the molecule is N#Cc1cccc(Cn2cc(CC(=O)O)c3ccccc32)c1. The highest BCUT2D eigenvalue weighted by atomic mass is 16.4. The third-order valence-electron chi connectivity index (χ3n) is 3.62.